The monoisotopic (exact) mass is 331 g/mol. The summed E-state index contributed by atoms with van der Waals surface area (Å²) in [4.78, 5) is 30.8. The molecule has 1 atom stereocenters. The highest BCUT2D eigenvalue weighted by molar-refractivity contribution is 5.97. The predicted octanol–water partition coefficient (Wildman–Crippen LogP) is 1.12. The molecule has 0 aromatic carbocycles. The van der Waals surface area contributed by atoms with E-state index >= 15 is 0 Å². The van der Waals surface area contributed by atoms with Gasteiger partial charge in [-0.25, -0.2) is 4.98 Å². The van der Waals surface area contributed by atoms with Crippen LogP contribution in [0.5, 0.6) is 0 Å². The molecule has 1 N–H and O–H groups in total. The van der Waals surface area contributed by atoms with Gasteiger partial charge in [-0.15, -0.1) is 0 Å². The molecule has 1 aliphatic rings. The number of carbonyl (C=O) groups is 2. The summed E-state index contributed by atoms with van der Waals surface area (Å²) in [6.45, 7) is 6.26. The molecule has 2 aromatic rings. The van der Waals surface area contributed by atoms with E-state index in [1.165, 1.54) is 0 Å². The zero-order valence-electron chi connectivity index (χ0n) is 14.2. The molecule has 0 spiro atoms. The summed E-state index contributed by atoms with van der Waals surface area (Å²) in [7, 11) is 1.79. The van der Waals surface area contributed by atoms with Crippen molar-refractivity contribution in [3.63, 3.8) is 0 Å². The molecule has 128 valence electrons. The fourth-order valence-corrected chi connectivity index (χ4v) is 2.84. The van der Waals surface area contributed by atoms with Crippen LogP contribution in [0.15, 0.2) is 16.8 Å². The van der Waals surface area contributed by atoms with E-state index in [-0.39, 0.29) is 17.6 Å². The van der Waals surface area contributed by atoms with Gasteiger partial charge in [0.05, 0.1) is 11.8 Å². The minimum atomic E-state index is -0.502. The molecule has 1 unspecified atom stereocenters. The summed E-state index contributed by atoms with van der Waals surface area (Å²) in [6, 6.07) is -0.372. The van der Waals surface area contributed by atoms with Crippen LogP contribution in [-0.2, 0) is 11.8 Å². The van der Waals surface area contributed by atoms with Gasteiger partial charge in [-0.2, -0.15) is 5.10 Å². The Hall–Kier alpha value is -2.64. The highest BCUT2D eigenvalue weighted by atomic mass is 16.4. The fourth-order valence-electron chi connectivity index (χ4n) is 2.84. The Morgan fingerprint density at radius 1 is 1.46 bits per heavy atom. The first-order chi connectivity index (χ1) is 11.4. The van der Waals surface area contributed by atoms with Crippen molar-refractivity contribution >= 4 is 11.8 Å². The zero-order chi connectivity index (χ0) is 17.4. The number of aromatic nitrogens is 3. The number of aryl methyl sites for hydroxylation is 2. The van der Waals surface area contributed by atoms with Crippen molar-refractivity contribution in [2.75, 3.05) is 6.54 Å². The maximum absolute atomic E-state index is 12.5. The van der Waals surface area contributed by atoms with Crippen molar-refractivity contribution in [1.29, 1.82) is 0 Å². The summed E-state index contributed by atoms with van der Waals surface area (Å²) < 4.78 is 7.20. The number of hydrogen-bond donors (Lipinski definition) is 1. The van der Waals surface area contributed by atoms with Crippen LogP contribution < -0.4 is 5.32 Å². The van der Waals surface area contributed by atoms with Crippen molar-refractivity contribution in [1.82, 2.24) is 25.0 Å². The molecule has 3 rings (SSSR count). The molecule has 8 heteroatoms. The summed E-state index contributed by atoms with van der Waals surface area (Å²) in [6.07, 6.45) is 3.98. The summed E-state index contributed by atoms with van der Waals surface area (Å²) in [5, 5.41) is 6.83. The SMILES string of the molecule is Cc1oc(-c2cnn(C)c2)nc1C(=O)NC1CCN(C(C)C)C1=O. The van der Waals surface area contributed by atoms with Crippen molar-refractivity contribution < 1.29 is 14.0 Å². The van der Waals surface area contributed by atoms with E-state index in [9.17, 15) is 9.59 Å². The molecule has 2 aromatic heterocycles. The van der Waals surface area contributed by atoms with Gasteiger partial charge >= 0.3 is 0 Å². The smallest absolute Gasteiger partial charge is 0.274 e. The third kappa shape index (κ3) is 2.91. The average molecular weight is 331 g/mol. The molecule has 0 aliphatic carbocycles. The van der Waals surface area contributed by atoms with Crippen LogP contribution in [0.1, 0.15) is 36.5 Å². The second-order valence-corrected chi connectivity index (χ2v) is 6.27. The molecule has 0 saturated carbocycles. The lowest BCUT2D eigenvalue weighted by Crippen LogP contribution is -2.43. The number of oxazole rings is 1. The first-order valence-electron chi connectivity index (χ1n) is 7.94. The molecule has 24 heavy (non-hydrogen) atoms. The van der Waals surface area contributed by atoms with E-state index in [0.717, 1.165) is 0 Å². The van der Waals surface area contributed by atoms with Gasteiger partial charge in [-0.05, 0) is 27.2 Å². The van der Waals surface area contributed by atoms with Crippen molar-refractivity contribution in [3.05, 3.63) is 23.8 Å². The third-order valence-electron chi connectivity index (χ3n) is 4.13. The average Bonchev–Trinajstić information content (AvgIpc) is 3.19. The van der Waals surface area contributed by atoms with E-state index in [1.54, 1.807) is 35.9 Å². The van der Waals surface area contributed by atoms with Crippen LogP contribution in [-0.4, -0.2) is 50.1 Å². The third-order valence-corrected chi connectivity index (χ3v) is 4.13. The number of hydrogen-bond acceptors (Lipinski definition) is 5. The van der Waals surface area contributed by atoms with Crippen LogP contribution in [0.3, 0.4) is 0 Å². The second kappa shape index (κ2) is 6.10. The molecule has 0 radical (unpaired) electrons. The van der Waals surface area contributed by atoms with Gasteiger partial charge in [0.25, 0.3) is 5.91 Å². The second-order valence-electron chi connectivity index (χ2n) is 6.27. The first kappa shape index (κ1) is 16.2. The van der Waals surface area contributed by atoms with Crippen molar-refractivity contribution in [2.24, 2.45) is 7.05 Å². The Morgan fingerprint density at radius 3 is 2.79 bits per heavy atom. The van der Waals surface area contributed by atoms with Gasteiger partial charge in [0.1, 0.15) is 11.8 Å². The standard InChI is InChI=1S/C16H21N5O3/c1-9(2)21-6-5-12(16(21)23)18-14(22)13-10(3)24-15(19-13)11-7-17-20(4)8-11/h7-9,12H,5-6H2,1-4H3,(H,18,22). The molecular weight excluding hydrogens is 310 g/mol. The lowest BCUT2D eigenvalue weighted by Gasteiger charge is -2.20. The Bertz CT molecular complexity index is 777. The van der Waals surface area contributed by atoms with Gasteiger partial charge in [0, 0.05) is 25.8 Å². The minimum absolute atomic E-state index is 0.0491. The van der Waals surface area contributed by atoms with Crippen molar-refractivity contribution in [2.45, 2.75) is 39.3 Å². The van der Waals surface area contributed by atoms with Gasteiger partial charge in [0.15, 0.2) is 5.69 Å². The summed E-state index contributed by atoms with van der Waals surface area (Å²) in [5.41, 5.74) is 0.896. The van der Waals surface area contributed by atoms with Crippen LogP contribution in [0.2, 0.25) is 0 Å². The molecule has 3 heterocycles. The topological polar surface area (TPSA) is 93.3 Å². The Kier molecular flexibility index (Phi) is 4.13. The van der Waals surface area contributed by atoms with E-state index in [1.807, 2.05) is 13.8 Å². The number of nitrogens with one attached hydrogen (secondary N) is 1. The molecule has 0 bridgehead atoms. The fraction of sp³-hybridized carbons (Fsp3) is 0.500. The summed E-state index contributed by atoms with van der Waals surface area (Å²) in [5.74, 6) is 0.312. The quantitative estimate of drug-likeness (QED) is 0.906. The Morgan fingerprint density at radius 2 is 2.21 bits per heavy atom. The van der Waals surface area contributed by atoms with Crippen LogP contribution >= 0.6 is 0 Å². The summed E-state index contributed by atoms with van der Waals surface area (Å²) >= 11 is 0. The number of likely N-dealkylation sites (tertiary alicyclic amines) is 1. The van der Waals surface area contributed by atoms with Gasteiger partial charge in [0.2, 0.25) is 11.8 Å². The molecule has 1 saturated heterocycles. The maximum Gasteiger partial charge on any atom is 0.274 e. The molecule has 1 aliphatic heterocycles. The predicted molar refractivity (Wildman–Crippen MR) is 86.2 cm³/mol. The van der Waals surface area contributed by atoms with Gasteiger partial charge in [-0.3, -0.25) is 14.3 Å². The lowest BCUT2D eigenvalue weighted by atomic mass is 10.2. The normalized spacial score (nSPS) is 17.8. The van der Waals surface area contributed by atoms with Crippen LogP contribution in [0.4, 0.5) is 0 Å². The van der Waals surface area contributed by atoms with Gasteiger partial charge in [-0.1, -0.05) is 0 Å². The number of amides is 2. The largest absolute Gasteiger partial charge is 0.440 e. The Balaban J connectivity index is 1.74. The van der Waals surface area contributed by atoms with E-state index < -0.39 is 11.9 Å². The Labute approximate surface area is 139 Å². The molecule has 8 nitrogen and oxygen atoms in total. The molecule has 2 amide bonds. The van der Waals surface area contributed by atoms with E-state index in [4.69, 9.17) is 4.42 Å². The lowest BCUT2D eigenvalue weighted by molar-refractivity contribution is -0.130. The van der Waals surface area contributed by atoms with E-state index in [0.29, 0.717) is 30.2 Å². The highest BCUT2D eigenvalue weighted by Gasteiger charge is 2.35. The number of carbonyl (C=O) groups excluding carboxylic acids is 2. The molecule has 1 fully saturated rings. The maximum atomic E-state index is 12.5. The van der Waals surface area contributed by atoms with Gasteiger partial charge < -0.3 is 14.6 Å². The molecular formula is C16H21N5O3. The zero-order valence-corrected chi connectivity index (χ0v) is 14.2. The highest BCUT2D eigenvalue weighted by Crippen LogP contribution is 2.21. The minimum Gasteiger partial charge on any atom is -0.440 e. The first-order valence-corrected chi connectivity index (χ1v) is 7.94. The van der Waals surface area contributed by atoms with E-state index in [2.05, 4.69) is 15.4 Å². The van der Waals surface area contributed by atoms with Crippen molar-refractivity contribution in [3.8, 4) is 11.5 Å². The van der Waals surface area contributed by atoms with Crippen LogP contribution in [0, 0.1) is 6.92 Å². The number of rotatable bonds is 4. The van der Waals surface area contributed by atoms with Crippen LogP contribution in [0.25, 0.3) is 11.5 Å². The number of nitrogens with zero attached hydrogens (tertiary/aromatic N) is 4.